The zero-order valence-electron chi connectivity index (χ0n) is 9.78. The molecule has 0 unspecified atom stereocenters. The summed E-state index contributed by atoms with van der Waals surface area (Å²) in [5.41, 5.74) is 0. The molecular formula is C11H21NO4. The first-order valence-electron chi connectivity index (χ1n) is 5.53. The molecule has 0 aliphatic heterocycles. The molecule has 0 saturated carbocycles. The Morgan fingerprint density at radius 2 is 2.25 bits per heavy atom. The number of nitrogens with one attached hydrogen (secondary N) is 1. The smallest absolute Gasteiger partial charge is 0.330 e. The summed E-state index contributed by atoms with van der Waals surface area (Å²) in [4.78, 5) is 10.9. The van der Waals surface area contributed by atoms with Crippen LogP contribution in [-0.4, -0.2) is 50.6 Å². The molecule has 0 fully saturated rings. The van der Waals surface area contributed by atoms with Gasteiger partial charge in [-0.05, 0) is 19.9 Å². The first-order chi connectivity index (χ1) is 7.81. The molecule has 0 aliphatic carbocycles. The fourth-order valence-electron chi connectivity index (χ4n) is 0.997. The van der Waals surface area contributed by atoms with E-state index in [0.717, 1.165) is 13.0 Å². The van der Waals surface area contributed by atoms with Crippen LogP contribution in [0.3, 0.4) is 0 Å². The second kappa shape index (κ2) is 12.2. The standard InChI is InChI=1S/C11H21NO4/c1-2-16-11(14)5-3-6-12-7-4-9-15-10-8-13/h3,5,12-13H,2,4,6-10H2,1H3/b5-3+. The van der Waals surface area contributed by atoms with Crippen LogP contribution in [-0.2, 0) is 14.3 Å². The highest BCUT2D eigenvalue weighted by Crippen LogP contribution is 1.82. The number of carbonyl (C=O) groups is 1. The van der Waals surface area contributed by atoms with E-state index in [1.54, 1.807) is 13.0 Å². The number of carbonyl (C=O) groups excluding carboxylic acids is 1. The summed E-state index contributed by atoms with van der Waals surface area (Å²) >= 11 is 0. The fraction of sp³-hybridized carbons (Fsp3) is 0.727. The van der Waals surface area contributed by atoms with Crippen molar-refractivity contribution in [1.82, 2.24) is 5.32 Å². The summed E-state index contributed by atoms with van der Waals surface area (Å²) in [6, 6.07) is 0. The predicted molar refractivity (Wildman–Crippen MR) is 61.2 cm³/mol. The van der Waals surface area contributed by atoms with Gasteiger partial charge in [0.05, 0.1) is 19.8 Å². The third-order valence-corrected chi connectivity index (χ3v) is 1.68. The maximum atomic E-state index is 10.9. The van der Waals surface area contributed by atoms with Crippen molar-refractivity contribution in [3.63, 3.8) is 0 Å². The summed E-state index contributed by atoms with van der Waals surface area (Å²) in [5, 5.41) is 11.6. The van der Waals surface area contributed by atoms with Crippen LogP contribution in [0.15, 0.2) is 12.2 Å². The van der Waals surface area contributed by atoms with Crippen molar-refractivity contribution in [3.8, 4) is 0 Å². The molecule has 0 aromatic rings. The van der Waals surface area contributed by atoms with Gasteiger partial charge >= 0.3 is 5.97 Å². The van der Waals surface area contributed by atoms with Crippen LogP contribution < -0.4 is 5.32 Å². The molecule has 0 heterocycles. The average Bonchev–Trinajstić information content (AvgIpc) is 2.27. The molecular weight excluding hydrogens is 210 g/mol. The lowest BCUT2D eigenvalue weighted by molar-refractivity contribution is -0.137. The van der Waals surface area contributed by atoms with E-state index in [4.69, 9.17) is 14.6 Å². The second-order valence-corrected chi connectivity index (χ2v) is 3.05. The van der Waals surface area contributed by atoms with E-state index < -0.39 is 0 Å². The molecule has 0 spiro atoms. The quantitative estimate of drug-likeness (QED) is 0.317. The average molecular weight is 231 g/mol. The summed E-state index contributed by atoms with van der Waals surface area (Å²) in [7, 11) is 0. The highest BCUT2D eigenvalue weighted by molar-refractivity contribution is 5.81. The van der Waals surface area contributed by atoms with Crippen molar-refractivity contribution in [2.45, 2.75) is 13.3 Å². The highest BCUT2D eigenvalue weighted by Gasteiger charge is 1.92. The van der Waals surface area contributed by atoms with Gasteiger partial charge in [0.2, 0.25) is 0 Å². The minimum Gasteiger partial charge on any atom is -0.463 e. The lowest BCUT2D eigenvalue weighted by Crippen LogP contribution is -2.17. The summed E-state index contributed by atoms with van der Waals surface area (Å²) in [5.74, 6) is -0.310. The third kappa shape index (κ3) is 11.2. The molecule has 0 aromatic carbocycles. The lowest BCUT2D eigenvalue weighted by Gasteiger charge is -2.02. The molecule has 94 valence electrons. The van der Waals surface area contributed by atoms with Crippen LogP contribution in [0.2, 0.25) is 0 Å². The summed E-state index contributed by atoms with van der Waals surface area (Å²) < 4.78 is 9.79. The predicted octanol–water partition coefficient (Wildman–Crippen LogP) is 0.0943. The highest BCUT2D eigenvalue weighted by atomic mass is 16.5. The maximum Gasteiger partial charge on any atom is 0.330 e. The molecule has 0 amide bonds. The third-order valence-electron chi connectivity index (χ3n) is 1.68. The Bertz CT molecular complexity index is 194. The van der Waals surface area contributed by atoms with Crippen LogP contribution in [0.25, 0.3) is 0 Å². The van der Waals surface area contributed by atoms with Crippen molar-refractivity contribution in [2.24, 2.45) is 0 Å². The number of aliphatic hydroxyl groups excluding tert-OH is 1. The first kappa shape index (κ1) is 15.1. The van der Waals surface area contributed by atoms with Crippen molar-refractivity contribution in [1.29, 1.82) is 0 Å². The van der Waals surface area contributed by atoms with Crippen molar-refractivity contribution in [2.75, 3.05) is 39.5 Å². The molecule has 0 aliphatic rings. The van der Waals surface area contributed by atoms with E-state index in [1.165, 1.54) is 6.08 Å². The Hall–Kier alpha value is -0.910. The van der Waals surface area contributed by atoms with E-state index in [1.807, 2.05) is 0 Å². The fourth-order valence-corrected chi connectivity index (χ4v) is 0.997. The van der Waals surface area contributed by atoms with Gasteiger partial charge in [-0.25, -0.2) is 4.79 Å². The van der Waals surface area contributed by atoms with Crippen molar-refractivity contribution < 1.29 is 19.4 Å². The van der Waals surface area contributed by atoms with Crippen LogP contribution in [0.1, 0.15) is 13.3 Å². The minimum absolute atomic E-state index is 0.0652. The van der Waals surface area contributed by atoms with Gasteiger partial charge in [0.1, 0.15) is 0 Å². The Morgan fingerprint density at radius 1 is 1.44 bits per heavy atom. The van der Waals surface area contributed by atoms with Gasteiger partial charge in [0.25, 0.3) is 0 Å². The van der Waals surface area contributed by atoms with Crippen molar-refractivity contribution in [3.05, 3.63) is 12.2 Å². The SMILES string of the molecule is CCOC(=O)/C=C/CNCCCOCCO. The van der Waals surface area contributed by atoms with Gasteiger partial charge in [-0.15, -0.1) is 0 Å². The lowest BCUT2D eigenvalue weighted by atomic mass is 10.4. The summed E-state index contributed by atoms with van der Waals surface area (Å²) in [6.07, 6.45) is 4.03. The number of esters is 1. The largest absolute Gasteiger partial charge is 0.463 e. The van der Waals surface area contributed by atoms with Crippen LogP contribution >= 0.6 is 0 Å². The molecule has 5 nitrogen and oxygen atoms in total. The van der Waals surface area contributed by atoms with Gasteiger partial charge in [-0.2, -0.15) is 0 Å². The van der Waals surface area contributed by atoms with Crippen LogP contribution in [0.5, 0.6) is 0 Å². The van der Waals surface area contributed by atoms with E-state index in [9.17, 15) is 4.79 Å². The second-order valence-electron chi connectivity index (χ2n) is 3.05. The van der Waals surface area contributed by atoms with Gasteiger partial charge in [0.15, 0.2) is 0 Å². The van der Waals surface area contributed by atoms with Crippen LogP contribution in [0.4, 0.5) is 0 Å². The van der Waals surface area contributed by atoms with E-state index >= 15 is 0 Å². The monoisotopic (exact) mass is 231 g/mol. The maximum absolute atomic E-state index is 10.9. The van der Waals surface area contributed by atoms with Gasteiger partial charge in [0, 0.05) is 19.2 Å². The van der Waals surface area contributed by atoms with Gasteiger partial charge < -0.3 is 19.9 Å². The number of hydrogen-bond donors (Lipinski definition) is 2. The number of hydrogen-bond acceptors (Lipinski definition) is 5. The molecule has 16 heavy (non-hydrogen) atoms. The van der Waals surface area contributed by atoms with E-state index in [2.05, 4.69) is 5.32 Å². The molecule has 0 aromatic heterocycles. The Kier molecular flexibility index (Phi) is 11.5. The Morgan fingerprint density at radius 3 is 2.94 bits per heavy atom. The number of ether oxygens (including phenoxy) is 2. The van der Waals surface area contributed by atoms with Gasteiger partial charge in [-0.3, -0.25) is 0 Å². The summed E-state index contributed by atoms with van der Waals surface area (Å²) in [6.45, 7) is 4.72. The van der Waals surface area contributed by atoms with Crippen molar-refractivity contribution >= 4 is 5.97 Å². The molecule has 2 N–H and O–H groups in total. The Balaban J connectivity index is 3.17. The normalized spacial score (nSPS) is 10.9. The Labute approximate surface area is 96.4 Å². The molecule has 5 heteroatoms. The molecule has 0 atom stereocenters. The van der Waals surface area contributed by atoms with Gasteiger partial charge in [-0.1, -0.05) is 6.08 Å². The number of aliphatic hydroxyl groups is 1. The van der Waals surface area contributed by atoms with E-state index in [0.29, 0.717) is 26.4 Å². The molecule has 0 rings (SSSR count). The first-order valence-corrected chi connectivity index (χ1v) is 5.53. The molecule has 0 bridgehead atoms. The zero-order valence-corrected chi connectivity index (χ0v) is 9.78. The van der Waals surface area contributed by atoms with E-state index in [-0.39, 0.29) is 12.6 Å². The zero-order chi connectivity index (χ0) is 12.1. The number of rotatable bonds is 10. The topological polar surface area (TPSA) is 67.8 Å². The molecule has 0 saturated heterocycles. The molecule has 0 radical (unpaired) electrons. The minimum atomic E-state index is -0.310. The van der Waals surface area contributed by atoms with Crippen LogP contribution in [0, 0.1) is 0 Å².